The van der Waals surface area contributed by atoms with Crippen molar-refractivity contribution in [2.75, 3.05) is 36.4 Å². The predicted molar refractivity (Wildman–Crippen MR) is 113 cm³/mol. The molecule has 3 aromatic rings. The normalized spacial score (nSPS) is 14.0. The Morgan fingerprint density at radius 1 is 0.966 bits per heavy atom. The summed E-state index contributed by atoms with van der Waals surface area (Å²) in [6.07, 6.45) is 5.90. The van der Waals surface area contributed by atoms with E-state index < -0.39 is 0 Å². The molecule has 1 fully saturated rings. The molecule has 0 radical (unpaired) electrons. The maximum atomic E-state index is 12.8. The van der Waals surface area contributed by atoms with Crippen molar-refractivity contribution in [3.05, 3.63) is 72.2 Å². The molecule has 1 amide bonds. The fourth-order valence-corrected chi connectivity index (χ4v) is 3.44. The lowest BCUT2D eigenvalue weighted by atomic mass is 10.1. The second-order valence-corrected chi connectivity index (χ2v) is 6.90. The maximum Gasteiger partial charge on any atom is 0.257 e. The highest BCUT2D eigenvalue weighted by Gasteiger charge is 2.23. The number of benzene rings is 1. The Bertz CT molecular complexity index is 953. The second-order valence-electron chi connectivity index (χ2n) is 6.90. The minimum atomic E-state index is -0.0359. The predicted octanol–water partition coefficient (Wildman–Crippen LogP) is 3.14. The lowest BCUT2D eigenvalue weighted by molar-refractivity contribution is 0.0745. The van der Waals surface area contributed by atoms with Crippen LogP contribution >= 0.6 is 0 Å². The summed E-state index contributed by atoms with van der Waals surface area (Å²) in [6, 6.07) is 13.9. The summed E-state index contributed by atoms with van der Waals surface area (Å²) in [5.41, 5.74) is 2.69. The first-order valence-corrected chi connectivity index (χ1v) is 9.87. The van der Waals surface area contributed by atoms with Crippen LogP contribution in [0.3, 0.4) is 0 Å². The number of para-hydroxylation sites is 1. The van der Waals surface area contributed by atoms with E-state index in [0.29, 0.717) is 24.6 Å². The average Bonchev–Trinajstić information content (AvgIpc) is 2.80. The highest BCUT2D eigenvalue weighted by Crippen LogP contribution is 2.19. The Kier molecular flexibility index (Phi) is 5.65. The van der Waals surface area contributed by atoms with Crippen LogP contribution in [-0.2, 0) is 6.42 Å². The van der Waals surface area contributed by atoms with Gasteiger partial charge >= 0.3 is 0 Å². The van der Waals surface area contributed by atoms with Gasteiger partial charge in [-0.2, -0.15) is 0 Å². The molecule has 0 atom stereocenters. The van der Waals surface area contributed by atoms with Crippen LogP contribution in [0.1, 0.15) is 22.8 Å². The number of nitrogens with zero attached hydrogens (tertiary/aromatic N) is 5. The molecule has 1 aliphatic rings. The molecule has 1 aromatic carbocycles. The van der Waals surface area contributed by atoms with E-state index in [2.05, 4.69) is 38.2 Å². The van der Waals surface area contributed by atoms with E-state index in [1.807, 2.05) is 41.3 Å². The molecule has 0 spiro atoms. The fourth-order valence-electron chi connectivity index (χ4n) is 3.44. The van der Waals surface area contributed by atoms with Gasteiger partial charge in [-0.3, -0.25) is 4.79 Å². The zero-order valence-electron chi connectivity index (χ0n) is 16.5. The van der Waals surface area contributed by atoms with Gasteiger partial charge in [-0.1, -0.05) is 31.2 Å². The van der Waals surface area contributed by atoms with Crippen molar-refractivity contribution < 1.29 is 4.79 Å². The summed E-state index contributed by atoms with van der Waals surface area (Å²) in [4.78, 5) is 29.9. The van der Waals surface area contributed by atoms with Gasteiger partial charge in [0.05, 0.1) is 5.56 Å². The van der Waals surface area contributed by atoms with Crippen molar-refractivity contribution in [2.24, 2.45) is 0 Å². The van der Waals surface area contributed by atoms with Crippen molar-refractivity contribution in [1.82, 2.24) is 19.9 Å². The van der Waals surface area contributed by atoms with Crippen molar-refractivity contribution >= 4 is 23.4 Å². The highest BCUT2D eigenvalue weighted by atomic mass is 16.2. The quantitative estimate of drug-likeness (QED) is 0.724. The van der Waals surface area contributed by atoms with Gasteiger partial charge in [0.2, 0.25) is 5.95 Å². The lowest BCUT2D eigenvalue weighted by Crippen LogP contribution is -2.49. The third-order valence-corrected chi connectivity index (χ3v) is 5.08. The van der Waals surface area contributed by atoms with Crippen LogP contribution in [0.2, 0.25) is 0 Å². The average molecular weight is 388 g/mol. The van der Waals surface area contributed by atoms with E-state index in [-0.39, 0.29) is 5.91 Å². The number of piperazine rings is 1. The second kappa shape index (κ2) is 8.68. The molecule has 1 saturated heterocycles. The van der Waals surface area contributed by atoms with E-state index in [9.17, 15) is 4.79 Å². The Balaban J connectivity index is 1.37. The zero-order valence-corrected chi connectivity index (χ0v) is 16.5. The van der Waals surface area contributed by atoms with Crippen molar-refractivity contribution in [1.29, 1.82) is 0 Å². The Morgan fingerprint density at radius 2 is 1.69 bits per heavy atom. The van der Waals surface area contributed by atoms with Gasteiger partial charge in [0.15, 0.2) is 0 Å². The molecule has 0 unspecified atom stereocenters. The largest absolute Gasteiger partial charge is 0.353 e. The Hall–Kier alpha value is -3.48. The van der Waals surface area contributed by atoms with Crippen LogP contribution in [0.25, 0.3) is 0 Å². The van der Waals surface area contributed by atoms with Gasteiger partial charge < -0.3 is 15.1 Å². The lowest BCUT2D eigenvalue weighted by Gasteiger charge is -2.35. The standard InChI is InChI=1S/C22H24N6O/c1-2-17-7-3-4-8-19(17)26-22-24-15-18(16-25-22)21(29)28-13-11-27(12-14-28)20-9-5-6-10-23-20/h3-10,15-16H,2,11-14H2,1H3,(H,24,25,26). The number of carbonyl (C=O) groups is 1. The smallest absolute Gasteiger partial charge is 0.257 e. The van der Waals surface area contributed by atoms with Crippen molar-refractivity contribution in [3.63, 3.8) is 0 Å². The minimum absolute atomic E-state index is 0.0359. The van der Waals surface area contributed by atoms with E-state index in [1.54, 1.807) is 18.6 Å². The number of aryl methyl sites for hydroxylation is 1. The molecule has 148 valence electrons. The van der Waals surface area contributed by atoms with Gasteiger partial charge in [0, 0.05) is 50.5 Å². The van der Waals surface area contributed by atoms with Gasteiger partial charge in [-0.15, -0.1) is 0 Å². The summed E-state index contributed by atoms with van der Waals surface area (Å²) in [7, 11) is 0. The first-order chi connectivity index (χ1) is 14.2. The molecule has 3 heterocycles. The molecule has 1 N–H and O–H groups in total. The van der Waals surface area contributed by atoms with Gasteiger partial charge in [-0.05, 0) is 30.2 Å². The molecule has 4 rings (SSSR count). The van der Waals surface area contributed by atoms with Gasteiger partial charge in [0.1, 0.15) is 5.82 Å². The number of hydrogen-bond acceptors (Lipinski definition) is 6. The molecule has 1 aliphatic heterocycles. The highest BCUT2D eigenvalue weighted by molar-refractivity contribution is 5.93. The third-order valence-electron chi connectivity index (χ3n) is 5.08. The van der Waals surface area contributed by atoms with Gasteiger partial charge in [0.25, 0.3) is 5.91 Å². The molecule has 0 saturated carbocycles. The number of anilines is 3. The topological polar surface area (TPSA) is 74.2 Å². The molecular weight excluding hydrogens is 364 g/mol. The van der Waals surface area contributed by atoms with Crippen molar-refractivity contribution in [3.8, 4) is 0 Å². The summed E-state index contributed by atoms with van der Waals surface area (Å²) in [6.45, 7) is 4.93. The number of nitrogens with one attached hydrogen (secondary N) is 1. The Morgan fingerprint density at radius 3 is 2.38 bits per heavy atom. The van der Waals surface area contributed by atoms with Gasteiger partial charge in [-0.25, -0.2) is 15.0 Å². The minimum Gasteiger partial charge on any atom is -0.353 e. The molecule has 0 aliphatic carbocycles. The maximum absolute atomic E-state index is 12.8. The Labute approximate surface area is 170 Å². The fraction of sp³-hybridized carbons (Fsp3) is 0.273. The summed E-state index contributed by atoms with van der Waals surface area (Å²) >= 11 is 0. The molecular formula is C22H24N6O. The zero-order chi connectivity index (χ0) is 20.1. The van der Waals surface area contributed by atoms with E-state index in [0.717, 1.165) is 31.0 Å². The molecule has 0 bridgehead atoms. The van der Waals surface area contributed by atoms with Crippen LogP contribution in [0.5, 0.6) is 0 Å². The summed E-state index contributed by atoms with van der Waals surface area (Å²) in [5.74, 6) is 1.40. The number of rotatable bonds is 5. The first-order valence-electron chi connectivity index (χ1n) is 9.87. The van der Waals surface area contributed by atoms with Crippen LogP contribution in [0, 0.1) is 0 Å². The monoisotopic (exact) mass is 388 g/mol. The number of pyridine rings is 1. The molecule has 2 aromatic heterocycles. The number of carbonyl (C=O) groups excluding carboxylic acids is 1. The summed E-state index contributed by atoms with van der Waals surface area (Å²) in [5, 5.41) is 3.23. The van der Waals surface area contributed by atoms with E-state index in [4.69, 9.17) is 0 Å². The number of amides is 1. The van der Waals surface area contributed by atoms with E-state index in [1.165, 1.54) is 5.56 Å². The summed E-state index contributed by atoms with van der Waals surface area (Å²) < 4.78 is 0. The molecule has 7 nitrogen and oxygen atoms in total. The molecule has 7 heteroatoms. The van der Waals surface area contributed by atoms with Crippen molar-refractivity contribution in [2.45, 2.75) is 13.3 Å². The third kappa shape index (κ3) is 4.34. The first kappa shape index (κ1) is 18.9. The van der Waals surface area contributed by atoms with Crippen LogP contribution in [-0.4, -0.2) is 51.9 Å². The van der Waals surface area contributed by atoms with E-state index >= 15 is 0 Å². The number of hydrogen-bond donors (Lipinski definition) is 1. The number of aromatic nitrogens is 3. The molecule has 29 heavy (non-hydrogen) atoms. The van der Waals surface area contributed by atoms with Crippen LogP contribution in [0.15, 0.2) is 61.1 Å². The van der Waals surface area contributed by atoms with Crippen LogP contribution in [0.4, 0.5) is 17.5 Å². The van der Waals surface area contributed by atoms with Crippen LogP contribution < -0.4 is 10.2 Å². The SMILES string of the molecule is CCc1ccccc1Nc1ncc(C(=O)N2CCN(c3ccccn3)CC2)cn1.